The zero-order valence-electron chi connectivity index (χ0n) is 15.3. The molecule has 0 heterocycles. The molecule has 0 unspecified atom stereocenters. The normalized spacial score (nSPS) is 11.4. The minimum atomic E-state index is -0.846. The molecule has 1 rings (SSSR count). The maximum atomic E-state index is 12.2. The van der Waals surface area contributed by atoms with Crippen molar-refractivity contribution >= 4 is 35.2 Å². The highest BCUT2D eigenvalue weighted by Crippen LogP contribution is 2.13. The van der Waals surface area contributed by atoms with Crippen molar-refractivity contribution in [3.05, 3.63) is 24.3 Å². The number of benzene rings is 1. The van der Waals surface area contributed by atoms with Gasteiger partial charge in [0.2, 0.25) is 17.7 Å². The van der Waals surface area contributed by atoms with Crippen LogP contribution in [0.5, 0.6) is 0 Å². The van der Waals surface area contributed by atoms with Crippen LogP contribution in [0, 0.1) is 0 Å². The molecule has 26 heavy (non-hydrogen) atoms. The summed E-state index contributed by atoms with van der Waals surface area (Å²) in [6, 6.07) is 5.97. The molecule has 142 valence electrons. The van der Waals surface area contributed by atoms with E-state index in [2.05, 4.69) is 20.7 Å². The standard InChI is InChI=1S/C17H24N4O5/c1-5-21(11(2)16(24)20-17(25)26-4)10-15(23)19-14-8-6-13(7-9-14)18-12(3)22/h6-9,11H,5,10H2,1-4H3,(H,18,22)(H,19,23)(H,20,24,25)/t11-/m1/s1. The first-order valence-electron chi connectivity index (χ1n) is 8.07. The molecule has 0 aliphatic heterocycles. The number of amides is 4. The molecule has 1 atom stereocenters. The zero-order valence-corrected chi connectivity index (χ0v) is 15.3. The minimum absolute atomic E-state index is 0.0281. The Balaban J connectivity index is 2.62. The lowest BCUT2D eigenvalue weighted by molar-refractivity contribution is -0.126. The summed E-state index contributed by atoms with van der Waals surface area (Å²) in [5.74, 6) is -1.04. The van der Waals surface area contributed by atoms with Gasteiger partial charge in [0.15, 0.2) is 0 Å². The molecule has 0 aliphatic rings. The molecule has 0 saturated carbocycles. The van der Waals surface area contributed by atoms with Crippen LogP contribution >= 0.6 is 0 Å². The number of alkyl carbamates (subject to hydrolysis) is 1. The van der Waals surface area contributed by atoms with Crippen LogP contribution in [0.4, 0.5) is 16.2 Å². The van der Waals surface area contributed by atoms with Gasteiger partial charge < -0.3 is 15.4 Å². The van der Waals surface area contributed by atoms with Crippen LogP contribution in [0.25, 0.3) is 0 Å². The highest BCUT2D eigenvalue weighted by atomic mass is 16.5. The van der Waals surface area contributed by atoms with Crippen molar-refractivity contribution in [3.63, 3.8) is 0 Å². The third-order valence-corrected chi connectivity index (χ3v) is 3.58. The summed E-state index contributed by atoms with van der Waals surface area (Å²) >= 11 is 0. The molecule has 9 nitrogen and oxygen atoms in total. The number of ether oxygens (including phenoxy) is 1. The van der Waals surface area contributed by atoms with Crippen LogP contribution in [0.3, 0.4) is 0 Å². The fraction of sp³-hybridized carbons (Fsp3) is 0.412. The number of methoxy groups -OCH3 is 1. The number of carbonyl (C=O) groups excluding carboxylic acids is 4. The molecular weight excluding hydrogens is 340 g/mol. The quantitative estimate of drug-likeness (QED) is 0.669. The van der Waals surface area contributed by atoms with Gasteiger partial charge in [0, 0.05) is 18.3 Å². The van der Waals surface area contributed by atoms with Gasteiger partial charge in [-0.25, -0.2) is 4.79 Å². The molecule has 0 saturated heterocycles. The Morgan fingerprint density at radius 3 is 2.08 bits per heavy atom. The average molecular weight is 364 g/mol. The molecule has 4 amide bonds. The number of nitrogens with one attached hydrogen (secondary N) is 3. The van der Waals surface area contributed by atoms with Gasteiger partial charge in [-0.05, 0) is 37.7 Å². The molecule has 0 radical (unpaired) electrons. The van der Waals surface area contributed by atoms with Crippen LogP contribution in [0.15, 0.2) is 24.3 Å². The van der Waals surface area contributed by atoms with Crippen LogP contribution in [0.1, 0.15) is 20.8 Å². The van der Waals surface area contributed by atoms with Crippen LogP contribution in [-0.2, 0) is 19.1 Å². The van der Waals surface area contributed by atoms with Crippen molar-refractivity contribution in [2.45, 2.75) is 26.8 Å². The molecular formula is C17H24N4O5. The van der Waals surface area contributed by atoms with Crippen molar-refractivity contribution < 1.29 is 23.9 Å². The Bertz CT molecular complexity index is 660. The number of nitrogens with zero attached hydrogens (tertiary/aromatic N) is 1. The Hall–Kier alpha value is -2.94. The molecule has 3 N–H and O–H groups in total. The minimum Gasteiger partial charge on any atom is -0.453 e. The van der Waals surface area contributed by atoms with Gasteiger partial charge in [0.25, 0.3) is 0 Å². The van der Waals surface area contributed by atoms with E-state index in [1.54, 1.807) is 43.0 Å². The monoisotopic (exact) mass is 364 g/mol. The number of hydrogen-bond donors (Lipinski definition) is 3. The Labute approximate surface area is 152 Å². The number of carbonyl (C=O) groups is 4. The van der Waals surface area contributed by atoms with Gasteiger partial charge in [0.05, 0.1) is 19.7 Å². The first-order valence-corrected chi connectivity index (χ1v) is 8.07. The lowest BCUT2D eigenvalue weighted by Gasteiger charge is -2.25. The summed E-state index contributed by atoms with van der Waals surface area (Å²) < 4.78 is 4.38. The Morgan fingerprint density at radius 1 is 1.08 bits per heavy atom. The van der Waals surface area contributed by atoms with E-state index >= 15 is 0 Å². The highest BCUT2D eigenvalue weighted by Gasteiger charge is 2.23. The number of hydrogen-bond acceptors (Lipinski definition) is 6. The number of anilines is 2. The zero-order chi connectivity index (χ0) is 19.7. The van der Waals surface area contributed by atoms with E-state index in [1.165, 1.54) is 6.92 Å². The van der Waals surface area contributed by atoms with Crippen LogP contribution < -0.4 is 16.0 Å². The topological polar surface area (TPSA) is 117 Å². The van der Waals surface area contributed by atoms with Gasteiger partial charge in [-0.3, -0.25) is 24.6 Å². The highest BCUT2D eigenvalue weighted by molar-refractivity contribution is 5.96. The van der Waals surface area contributed by atoms with Gasteiger partial charge in [-0.2, -0.15) is 0 Å². The van der Waals surface area contributed by atoms with E-state index in [4.69, 9.17) is 0 Å². The van der Waals surface area contributed by atoms with Crippen molar-refractivity contribution in [2.24, 2.45) is 0 Å². The Kier molecular flexibility index (Phi) is 8.23. The summed E-state index contributed by atoms with van der Waals surface area (Å²) in [6.07, 6.45) is -0.846. The number of likely N-dealkylation sites (N-methyl/N-ethyl adjacent to an activating group) is 1. The fourth-order valence-corrected chi connectivity index (χ4v) is 2.17. The van der Waals surface area contributed by atoms with E-state index in [9.17, 15) is 19.2 Å². The summed E-state index contributed by atoms with van der Waals surface area (Å²) in [6.45, 7) is 5.21. The summed E-state index contributed by atoms with van der Waals surface area (Å²) in [5, 5.41) is 7.43. The van der Waals surface area contributed by atoms with Crippen molar-refractivity contribution in [1.82, 2.24) is 10.2 Å². The second-order valence-electron chi connectivity index (χ2n) is 5.53. The maximum Gasteiger partial charge on any atom is 0.413 e. The molecule has 0 bridgehead atoms. The van der Waals surface area contributed by atoms with E-state index in [-0.39, 0.29) is 18.4 Å². The first kappa shape index (κ1) is 21.1. The molecule has 0 spiro atoms. The number of rotatable bonds is 7. The van der Waals surface area contributed by atoms with E-state index in [0.29, 0.717) is 17.9 Å². The van der Waals surface area contributed by atoms with Crippen LogP contribution in [-0.4, -0.2) is 55.0 Å². The van der Waals surface area contributed by atoms with Crippen LogP contribution in [0.2, 0.25) is 0 Å². The Morgan fingerprint density at radius 2 is 1.62 bits per heavy atom. The molecule has 1 aromatic carbocycles. The average Bonchev–Trinajstić information content (AvgIpc) is 2.60. The summed E-state index contributed by atoms with van der Waals surface area (Å²) in [4.78, 5) is 47.9. The molecule has 0 aromatic heterocycles. The summed E-state index contributed by atoms with van der Waals surface area (Å²) in [7, 11) is 1.16. The third kappa shape index (κ3) is 6.89. The van der Waals surface area contributed by atoms with E-state index in [1.807, 2.05) is 0 Å². The van der Waals surface area contributed by atoms with Crippen molar-refractivity contribution in [3.8, 4) is 0 Å². The fourth-order valence-electron chi connectivity index (χ4n) is 2.17. The van der Waals surface area contributed by atoms with E-state index in [0.717, 1.165) is 7.11 Å². The molecule has 9 heteroatoms. The summed E-state index contributed by atoms with van der Waals surface area (Å²) in [5.41, 5.74) is 1.19. The van der Waals surface area contributed by atoms with Gasteiger partial charge in [0.1, 0.15) is 0 Å². The third-order valence-electron chi connectivity index (χ3n) is 3.58. The largest absolute Gasteiger partial charge is 0.453 e. The second-order valence-corrected chi connectivity index (χ2v) is 5.53. The predicted octanol–water partition coefficient (Wildman–Crippen LogP) is 1.18. The number of imide groups is 1. The van der Waals surface area contributed by atoms with Crippen molar-refractivity contribution in [1.29, 1.82) is 0 Å². The van der Waals surface area contributed by atoms with Gasteiger partial charge >= 0.3 is 6.09 Å². The second kappa shape index (κ2) is 10.1. The maximum absolute atomic E-state index is 12.2. The molecule has 1 aromatic rings. The van der Waals surface area contributed by atoms with E-state index < -0.39 is 18.0 Å². The van der Waals surface area contributed by atoms with Crippen molar-refractivity contribution in [2.75, 3.05) is 30.8 Å². The van der Waals surface area contributed by atoms with Gasteiger partial charge in [-0.1, -0.05) is 6.92 Å². The molecule has 0 fully saturated rings. The first-order chi connectivity index (χ1) is 12.3. The lowest BCUT2D eigenvalue weighted by Crippen LogP contribution is -2.49. The predicted molar refractivity (Wildman–Crippen MR) is 96.6 cm³/mol. The molecule has 0 aliphatic carbocycles. The SMILES string of the molecule is CCN(CC(=O)Nc1ccc(NC(C)=O)cc1)[C@H](C)C(=O)NC(=O)OC. The lowest BCUT2D eigenvalue weighted by atomic mass is 10.2. The van der Waals surface area contributed by atoms with Gasteiger partial charge in [-0.15, -0.1) is 0 Å². The smallest absolute Gasteiger partial charge is 0.413 e.